The van der Waals surface area contributed by atoms with Gasteiger partial charge in [-0.1, -0.05) is 31.4 Å². The molecule has 3 amide bonds. The molecule has 2 unspecified atom stereocenters. The van der Waals surface area contributed by atoms with E-state index in [1.807, 2.05) is 24.3 Å². The number of ether oxygens (including phenoxy) is 2. The van der Waals surface area contributed by atoms with E-state index in [-0.39, 0.29) is 11.8 Å². The highest BCUT2D eigenvalue weighted by Gasteiger charge is 2.38. The summed E-state index contributed by atoms with van der Waals surface area (Å²) < 4.78 is 10.7. The lowest BCUT2D eigenvalue weighted by Gasteiger charge is -2.28. The van der Waals surface area contributed by atoms with Crippen LogP contribution in [0.5, 0.6) is 5.75 Å². The summed E-state index contributed by atoms with van der Waals surface area (Å²) in [6, 6.07) is 6.15. The Morgan fingerprint density at radius 1 is 1.14 bits per heavy atom. The maximum Gasteiger partial charge on any atom is 0.411 e. The first-order valence-corrected chi connectivity index (χ1v) is 15.3. The van der Waals surface area contributed by atoms with Crippen LogP contribution in [-0.4, -0.2) is 70.7 Å². The fourth-order valence-corrected chi connectivity index (χ4v) is 6.79. The van der Waals surface area contributed by atoms with Gasteiger partial charge in [-0.25, -0.2) is 4.79 Å². The lowest BCUT2D eigenvalue weighted by molar-refractivity contribution is -0.130. The molecule has 1 aromatic rings. The van der Waals surface area contributed by atoms with Crippen molar-refractivity contribution in [2.45, 2.75) is 77.1 Å². The van der Waals surface area contributed by atoms with E-state index in [0.29, 0.717) is 29.8 Å². The number of carbonyl (C=O) groups excluding carboxylic acids is 3. The van der Waals surface area contributed by atoms with Crippen molar-refractivity contribution < 1.29 is 23.9 Å². The molecule has 1 aliphatic heterocycles. The number of thioether (sulfide) groups is 2. The standard InChI is InChI=1S/C27H41N3O5S2/c1-27(2,3)35-26(33)30-18-37-17-23(30)25(32)29-22(16-36-15-20-8-6-5-7-9-20)24(31)28-14-19-10-12-21(34-4)13-11-19/h10-13,20,22-23H,5-9,14-18H2,1-4H3,(H,28,31)(H,29,32). The molecular formula is C27H41N3O5S2. The van der Waals surface area contributed by atoms with Gasteiger partial charge in [0.25, 0.3) is 0 Å². The van der Waals surface area contributed by atoms with Gasteiger partial charge in [-0.3, -0.25) is 14.5 Å². The minimum Gasteiger partial charge on any atom is -0.497 e. The van der Waals surface area contributed by atoms with Gasteiger partial charge in [-0.15, -0.1) is 11.8 Å². The summed E-state index contributed by atoms with van der Waals surface area (Å²) in [5.74, 6) is 3.21. The SMILES string of the molecule is COc1ccc(CNC(=O)C(CSCC2CCCCC2)NC(=O)C2CSCN2C(=O)OC(C)(C)C)cc1. The molecule has 10 heteroatoms. The lowest BCUT2D eigenvalue weighted by atomic mass is 9.91. The molecule has 8 nitrogen and oxygen atoms in total. The molecule has 3 rings (SSSR count). The molecule has 0 spiro atoms. The third kappa shape index (κ3) is 9.63. The molecule has 1 saturated heterocycles. The maximum atomic E-state index is 13.3. The summed E-state index contributed by atoms with van der Waals surface area (Å²) in [5.41, 5.74) is 0.294. The Labute approximate surface area is 229 Å². The number of nitrogens with one attached hydrogen (secondary N) is 2. The first-order chi connectivity index (χ1) is 17.7. The maximum absolute atomic E-state index is 13.3. The van der Waals surface area contributed by atoms with Crippen LogP contribution in [-0.2, 0) is 20.9 Å². The Morgan fingerprint density at radius 2 is 1.84 bits per heavy atom. The molecule has 0 aromatic heterocycles. The number of benzene rings is 1. The van der Waals surface area contributed by atoms with Crippen LogP contribution in [0, 0.1) is 5.92 Å². The molecule has 1 aromatic carbocycles. The second-order valence-corrected chi connectivity index (χ2v) is 12.7. The van der Waals surface area contributed by atoms with Crippen LogP contribution < -0.4 is 15.4 Å². The molecule has 2 N–H and O–H groups in total. The first-order valence-electron chi connectivity index (χ1n) is 13.0. The number of nitrogens with zero attached hydrogens (tertiary/aromatic N) is 1. The van der Waals surface area contributed by atoms with Crippen LogP contribution in [0.15, 0.2) is 24.3 Å². The topological polar surface area (TPSA) is 97.0 Å². The van der Waals surface area contributed by atoms with Gasteiger partial charge in [-0.2, -0.15) is 11.8 Å². The Balaban J connectivity index is 1.61. The highest BCUT2D eigenvalue weighted by molar-refractivity contribution is 7.99. The number of methoxy groups -OCH3 is 1. The van der Waals surface area contributed by atoms with Crippen LogP contribution in [0.3, 0.4) is 0 Å². The Bertz CT molecular complexity index is 900. The van der Waals surface area contributed by atoms with Gasteiger partial charge in [0.15, 0.2) is 0 Å². The largest absolute Gasteiger partial charge is 0.497 e. The molecule has 206 valence electrons. The summed E-state index contributed by atoms with van der Waals surface area (Å²) in [6.45, 7) is 5.76. The molecule has 1 saturated carbocycles. The average molecular weight is 552 g/mol. The Hall–Kier alpha value is -2.07. The molecule has 2 fully saturated rings. The minimum atomic E-state index is -0.689. The van der Waals surface area contributed by atoms with E-state index >= 15 is 0 Å². The van der Waals surface area contributed by atoms with Gasteiger partial charge in [0, 0.05) is 18.1 Å². The van der Waals surface area contributed by atoms with E-state index < -0.39 is 23.8 Å². The van der Waals surface area contributed by atoms with Gasteiger partial charge < -0.3 is 20.1 Å². The summed E-state index contributed by atoms with van der Waals surface area (Å²) in [5, 5.41) is 5.91. The molecule has 0 bridgehead atoms. The average Bonchev–Trinajstić information content (AvgIpc) is 3.37. The fourth-order valence-electron chi connectivity index (χ4n) is 4.37. The van der Waals surface area contributed by atoms with E-state index in [9.17, 15) is 14.4 Å². The highest BCUT2D eigenvalue weighted by atomic mass is 32.2. The van der Waals surface area contributed by atoms with Crippen LogP contribution >= 0.6 is 23.5 Å². The van der Waals surface area contributed by atoms with Crippen LogP contribution in [0.4, 0.5) is 4.79 Å². The zero-order chi connectivity index (χ0) is 26.8. The van der Waals surface area contributed by atoms with Crippen molar-refractivity contribution in [2.24, 2.45) is 5.92 Å². The van der Waals surface area contributed by atoms with Crippen molar-refractivity contribution in [3.8, 4) is 5.75 Å². The number of carbonyl (C=O) groups is 3. The third-order valence-electron chi connectivity index (χ3n) is 6.43. The van der Waals surface area contributed by atoms with Crippen molar-refractivity contribution in [1.29, 1.82) is 0 Å². The van der Waals surface area contributed by atoms with E-state index in [2.05, 4.69) is 10.6 Å². The summed E-state index contributed by atoms with van der Waals surface area (Å²) >= 11 is 3.22. The quantitative estimate of drug-likeness (QED) is 0.444. The predicted molar refractivity (Wildman–Crippen MR) is 150 cm³/mol. The molecule has 1 aliphatic carbocycles. The molecule has 2 atom stereocenters. The van der Waals surface area contributed by atoms with Gasteiger partial charge >= 0.3 is 6.09 Å². The van der Waals surface area contributed by atoms with Crippen molar-refractivity contribution in [2.75, 3.05) is 30.2 Å². The molecule has 2 aliphatic rings. The van der Waals surface area contributed by atoms with Crippen molar-refractivity contribution >= 4 is 41.4 Å². The predicted octanol–water partition coefficient (Wildman–Crippen LogP) is 4.42. The van der Waals surface area contributed by atoms with E-state index in [1.54, 1.807) is 39.6 Å². The Morgan fingerprint density at radius 3 is 2.49 bits per heavy atom. The minimum absolute atomic E-state index is 0.227. The zero-order valence-electron chi connectivity index (χ0n) is 22.4. The van der Waals surface area contributed by atoms with E-state index in [0.717, 1.165) is 17.1 Å². The van der Waals surface area contributed by atoms with Crippen LogP contribution in [0.2, 0.25) is 0 Å². The molecule has 0 radical (unpaired) electrons. The number of hydrogen-bond acceptors (Lipinski definition) is 7. The van der Waals surface area contributed by atoms with Crippen molar-refractivity contribution in [3.05, 3.63) is 29.8 Å². The van der Waals surface area contributed by atoms with E-state index in [1.165, 1.54) is 48.8 Å². The second kappa shape index (κ2) is 14.2. The monoisotopic (exact) mass is 551 g/mol. The number of amides is 3. The highest BCUT2D eigenvalue weighted by Crippen LogP contribution is 2.27. The smallest absolute Gasteiger partial charge is 0.411 e. The van der Waals surface area contributed by atoms with Gasteiger partial charge in [0.1, 0.15) is 23.4 Å². The number of rotatable bonds is 10. The van der Waals surface area contributed by atoms with Crippen LogP contribution in [0.25, 0.3) is 0 Å². The van der Waals surface area contributed by atoms with Crippen LogP contribution in [0.1, 0.15) is 58.4 Å². The van der Waals surface area contributed by atoms with Crippen molar-refractivity contribution in [3.63, 3.8) is 0 Å². The van der Waals surface area contributed by atoms with E-state index in [4.69, 9.17) is 9.47 Å². The Kier molecular flexibility index (Phi) is 11.3. The second-order valence-electron chi connectivity index (χ2n) is 10.6. The first kappa shape index (κ1) is 29.5. The van der Waals surface area contributed by atoms with Gasteiger partial charge in [0.05, 0.1) is 13.0 Å². The van der Waals surface area contributed by atoms with Gasteiger partial charge in [-0.05, 0) is 63.0 Å². The summed E-state index contributed by atoms with van der Waals surface area (Å²) in [6.07, 6.45) is 5.81. The molecule has 1 heterocycles. The fraction of sp³-hybridized carbons (Fsp3) is 0.667. The summed E-state index contributed by atoms with van der Waals surface area (Å²) in [4.78, 5) is 40.6. The molecular weight excluding hydrogens is 510 g/mol. The third-order valence-corrected chi connectivity index (χ3v) is 8.72. The normalized spacial score (nSPS) is 19.2. The lowest BCUT2D eigenvalue weighted by Crippen LogP contribution is -2.55. The zero-order valence-corrected chi connectivity index (χ0v) is 24.1. The number of hydrogen-bond donors (Lipinski definition) is 2. The summed E-state index contributed by atoms with van der Waals surface area (Å²) in [7, 11) is 1.61. The van der Waals surface area contributed by atoms with Crippen molar-refractivity contribution in [1.82, 2.24) is 15.5 Å². The molecule has 37 heavy (non-hydrogen) atoms. The van der Waals surface area contributed by atoms with Gasteiger partial charge in [0.2, 0.25) is 11.8 Å².